The number of carbonyl (C=O) groups excluding carboxylic acids is 1. The molecule has 2 unspecified atom stereocenters. The highest BCUT2D eigenvalue weighted by Gasteiger charge is 2.28. The third kappa shape index (κ3) is 7.91. The fourth-order valence-electron chi connectivity index (χ4n) is 2.06. The van der Waals surface area contributed by atoms with E-state index in [9.17, 15) is 9.59 Å². The van der Waals surface area contributed by atoms with Crippen molar-refractivity contribution in [1.29, 1.82) is 0 Å². The second-order valence-electron chi connectivity index (χ2n) is 5.36. The van der Waals surface area contributed by atoms with Crippen molar-refractivity contribution in [3.63, 3.8) is 0 Å². The molecule has 0 amide bonds. The molecule has 144 valence electrons. The van der Waals surface area contributed by atoms with Crippen LogP contribution in [0.1, 0.15) is 44.9 Å². The molecule has 2 atom stereocenters. The maximum atomic E-state index is 11.9. The number of hydrogen-bond acceptors (Lipinski definition) is 7. The second-order valence-corrected chi connectivity index (χ2v) is 5.77. The fraction of sp³-hybridized carbons (Fsp3) is 0.688. The Bertz CT molecular complexity index is 629. The highest BCUT2D eigenvalue weighted by Crippen LogP contribution is 2.27. The van der Waals surface area contributed by atoms with Crippen LogP contribution in [0, 0.1) is 11.6 Å². The molecule has 1 aromatic rings. The van der Waals surface area contributed by atoms with Crippen LogP contribution in [0.15, 0.2) is 11.0 Å². The van der Waals surface area contributed by atoms with Crippen LogP contribution in [0.5, 0.6) is 0 Å². The molecule has 8 nitrogen and oxygen atoms in total. The average Bonchev–Trinajstić information content (AvgIpc) is 3.07. The monoisotopic (exact) mass is 375 g/mol. The lowest BCUT2D eigenvalue weighted by Gasteiger charge is -2.16. The topological polar surface area (TPSA) is 120 Å². The molecule has 1 saturated heterocycles. The Balaban J connectivity index is 0.00000104. The molecule has 0 bridgehead atoms. The molecule has 1 aliphatic rings. The SMILES string of the molecule is CCC.CO.Cc1cn(C2CCC(COC(=O)CN)O2)c(=O)[nH]c1=S. The Morgan fingerprint density at radius 1 is 1.48 bits per heavy atom. The van der Waals surface area contributed by atoms with E-state index in [0.29, 0.717) is 17.5 Å². The van der Waals surface area contributed by atoms with E-state index in [2.05, 4.69) is 18.8 Å². The first-order valence-electron chi connectivity index (χ1n) is 8.20. The molecular formula is C16H29N3O5S. The van der Waals surface area contributed by atoms with Crippen molar-refractivity contribution in [3.8, 4) is 0 Å². The molecule has 0 radical (unpaired) electrons. The van der Waals surface area contributed by atoms with Gasteiger partial charge >= 0.3 is 11.7 Å². The lowest BCUT2D eigenvalue weighted by Crippen LogP contribution is -2.28. The predicted molar refractivity (Wildman–Crippen MR) is 97.9 cm³/mol. The van der Waals surface area contributed by atoms with Crippen molar-refractivity contribution < 1.29 is 19.4 Å². The minimum absolute atomic E-state index is 0.149. The van der Waals surface area contributed by atoms with Gasteiger partial charge < -0.3 is 20.3 Å². The third-order valence-electron chi connectivity index (χ3n) is 3.14. The van der Waals surface area contributed by atoms with Crippen LogP contribution in [0.3, 0.4) is 0 Å². The van der Waals surface area contributed by atoms with Crippen molar-refractivity contribution in [2.45, 2.75) is 52.4 Å². The van der Waals surface area contributed by atoms with Gasteiger partial charge in [0.25, 0.3) is 0 Å². The number of nitrogens with zero attached hydrogens (tertiary/aromatic N) is 1. The van der Waals surface area contributed by atoms with Gasteiger partial charge in [-0.1, -0.05) is 32.5 Å². The van der Waals surface area contributed by atoms with Crippen LogP contribution in [0.25, 0.3) is 0 Å². The summed E-state index contributed by atoms with van der Waals surface area (Å²) < 4.78 is 12.6. The van der Waals surface area contributed by atoms with E-state index >= 15 is 0 Å². The molecule has 1 aromatic heterocycles. The summed E-state index contributed by atoms with van der Waals surface area (Å²) in [7, 11) is 1.00. The maximum Gasteiger partial charge on any atom is 0.328 e. The molecule has 0 aliphatic carbocycles. The van der Waals surface area contributed by atoms with E-state index in [0.717, 1.165) is 12.7 Å². The Morgan fingerprint density at radius 2 is 2.08 bits per heavy atom. The van der Waals surface area contributed by atoms with E-state index in [4.69, 9.17) is 32.5 Å². The molecular weight excluding hydrogens is 346 g/mol. The smallest absolute Gasteiger partial charge is 0.328 e. The quantitative estimate of drug-likeness (QED) is 0.538. The fourth-order valence-corrected chi connectivity index (χ4v) is 2.20. The minimum atomic E-state index is -0.464. The zero-order valence-electron chi connectivity index (χ0n) is 15.3. The van der Waals surface area contributed by atoms with E-state index < -0.39 is 5.97 Å². The number of H-pyrrole nitrogens is 1. The summed E-state index contributed by atoms with van der Waals surface area (Å²) in [5, 5.41) is 7.00. The molecule has 25 heavy (non-hydrogen) atoms. The summed E-state index contributed by atoms with van der Waals surface area (Å²) >= 11 is 5.00. The van der Waals surface area contributed by atoms with Crippen molar-refractivity contribution in [2.75, 3.05) is 20.3 Å². The first-order chi connectivity index (χ1) is 11.9. The molecule has 9 heteroatoms. The molecule has 0 spiro atoms. The van der Waals surface area contributed by atoms with Gasteiger partial charge in [-0.3, -0.25) is 14.3 Å². The maximum absolute atomic E-state index is 11.9. The lowest BCUT2D eigenvalue weighted by molar-refractivity contribution is -0.146. The molecule has 2 heterocycles. The van der Waals surface area contributed by atoms with Crippen molar-refractivity contribution in [2.24, 2.45) is 5.73 Å². The summed E-state index contributed by atoms with van der Waals surface area (Å²) in [5.41, 5.74) is 5.66. The zero-order valence-corrected chi connectivity index (χ0v) is 16.1. The molecule has 2 rings (SSSR count). The molecule has 4 N–H and O–H groups in total. The van der Waals surface area contributed by atoms with Crippen molar-refractivity contribution in [3.05, 3.63) is 26.9 Å². The van der Waals surface area contributed by atoms with Gasteiger partial charge in [-0.2, -0.15) is 0 Å². The van der Waals surface area contributed by atoms with Crippen LogP contribution in [0.2, 0.25) is 0 Å². The number of nitrogens with two attached hydrogens (primary N) is 1. The minimum Gasteiger partial charge on any atom is -0.462 e. The summed E-state index contributed by atoms with van der Waals surface area (Å²) in [5.74, 6) is -0.464. The number of rotatable bonds is 4. The molecule has 1 fully saturated rings. The number of aromatic nitrogens is 2. The number of nitrogens with one attached hydrogen (secondary N) is 1. The number of aliphatic hydroxyl groups excluding tert-OH is 1. The van der Waals surface area contributed by atoms with Gasteiger partial charge in [-0.15, -0.1) is 0 Å². The number of aryl methyl sites for hydroxylation is 1. The third-order valence-corrected chi connectivity index (χ3v) is 3.56. The van der Waals surface area contributed by atoms with Crippen molar-refractivity contribution >= 4 is 18.2 Å². The number of aliphatic hydroxyl groups is 1. The number of carbonyl (C=O) groups is 1. The Hall–Kier alpha value is -1.55. The van der Waals surface area contributed by atoms with Crippen LogP contribution in [-0.2, 0) is 14.3 Å². The van der Waals surface area contributed by atoms with Gasteiger partial charge in [0.2, 0.25) is 0 Å². The Morgan fingerprint density at radius 3 is 2.64 bits per heavy atom. The normalized spacial score (nSPS) is 18.5. The lowest BCUT2D eigenvalue weighted by atomic mass is 10.2. The number of hydrogen-bond donors (Lipinski definition) is 3. The number of esters is 1. The van der Waals surface area contributed by atoms with Gasteiger partial charge in [0.05, 0.1) is 12.6 Å². The highest BCUT2D eigenvalue weighted by atomic mass is 32.1. The largest absolute Gasteiger partial charge is 0.462 e. The van der Waals surface area contributed by atoms with Crippen LogP contribution in [0.4, 0.5) is 0 Å². The Kier molecular flexibility index (Phi) is 12.0. The van der Waals surface area contributed by atoms with Gasteiger partial charge in [-0.05, 0) is 19.8 Å². The molecule has 0 saturated carbocycles. The Labute approximate surface area is 153 Å². The van der Waals surface area contributed by atoms with E-state index in [1.165, 1.54) is 11.0 Å². The molecule has 1 aliphatic heterocycles. The van der Waals surface area contributed by atoms with Gasteiger partial charge in [0.1, 0.15) is 17.5 Å². The average molecular weight is 375 g/mol. The van der Waals surface area contributed by atoms with Gasteiger partial charge in [0.15, 0.2) is 0 Å². The standard InChI is InChI=1S/C12H17N3O4S.C3H8.CH4O/c1-7-5-15(12(17)14-11(7)20)9-3-2-8(19-9)6-18-10(16)4-13;1-3-2;1-2/h5,8-9H,2-4,6,13H2,1H3,(H,14,17,20);3H2,1-2H3;2H,1H3. The summed E-state index contributed by atoms with van der Waals surface area (Å²) in [6.45, 7) is 6.08. The number of aromatic amines is 1. The van der Waals surface area contributed by atoms with Gasteiger partial charge in [0, 0.05) is 18.9 Å². The van der Waals surface area contributed by atoms with Crippen molar-refractivity contribution in [1.82, 2.24) is 9.55 Å². The summed E-state index contributed by atoms with van der Waals surface area (Å²) in [4.78, 5) is 25.4. The van der Waals surface area contributed by atoms with E-state index in [1.807, 2.05) is 6.92 Å². The van der Waals surface area contributed by atoms with Crippen LogP contribution >= 0.6 is 12.2 Å². The van der Waals surface area contributed by atoms with Gasteiger partial charge in [-0.25, -0.2) is 4.79 Å². The zero-order chi connectivity index (χ0) is 19.4. The van der Waals surface area contributed by atoms with E-state index in [-0.39, 0.29) is 31.2 Å². The van der Waals surface area contributed by atoms with Crippen LogP contribution < -0.4 is 11.4 Å². The molecule has 0 aromatic carbocycles. The number of ether oxygens (including phenoxy) is 2. The highest BCUT2D eigenvalue weighted by molar-refractivity contribution is 7.71. The summed E-state index contributed by atoms with van der Waals surface area (Å²) in [6, 6.07) is 0. The van der Waals surface area contributed by atoms with E-state index in [1.54, 1.807) is 6.20 Å². The first kappa shape index (κ1) is 23.4. The first-order valence-corrected chi connectivity index (χ1v) is 8.61. The second kappa shape index (κ2) is 12.8. The summed E-state index contributed by atoms with van der Waals surface area (Å²) in [6.07, 6.45) is 3.74. The van der Waals surface area contributed by atoms with Crippen LogP contribution in [-0.4, -0.2) is 47.0 Å². The predicted octanol–water partition coefficient (Wildman–Crippen LogP) is 1.42.